The van der Waals surface area contributed by atoms with Crippen LogP contribution >= 0.6 is 23.2 Å². The van der Waals surface area contributed by atoms with E-state index in [0.717, 1.165) is 19.3 Å². The van der Waals surface area contributed by atoms with Gasteiger partial charge in [-0.05, 0) is 24.8 Å². The maximum absolute atomic E-state index is 9.71. The molecule has 2 rings (SSSR count). The molecule has 0 saturated heterocycles. The standard InChI is InChI=1S/C13H18Cl2N2O/c1-9-3-2-4-13(6-9,8-18)17-12-11(15)5-10(14)7-16-12/h5,7,9,18H,2-4,6,8H2,1H3,(H,16,17). The Labute approximate surface area is 118 Å². The van der Waals surface area contributed by atoms with E-state index in [1.807, 2.05) is 0 Å². The van der Waals surface area contributed by atoms with Crippen molar-refractivity contribution in [3.05, 3.63) is 22.3 Å². The van der Waals surface area contributed by atoms with Crippen LogP contribution in [0.4, 0.5) is 5.82 Å². The lowest BCUT2D eigenvalue weighted by atomic mass is 9.77. The molecule has 3 nitrogen and oxygen atoms in total. The minimum absolute atomic E-state index is 0.0952. The molecule has 2 atom stereocenters. The lowest BCUT2D eigenvalue weighted by Gasteiger charge is -2.40. The zero-order valence-electron chi connectivity index (χ0n) is 10.4. The van der Waals surface area contributed by atoms with E-state index in [0.29, 0.717) is 21.8 Å². The van der Waals surface area contributed by atoms with Crippen LogP contribution in [0, 0.1) is 5.92 Å². The highest BCUT2D eigenvalue weighted by atomic mass is 35.5. The van der Waals surface area contributed by atoms with Gasteiger partial charge in [-0.25, -0.2) is 4.98 Å². The summed E-state index contributed by atoms with van der Waals surface area (Å²) in [6, 6.07) is 1.66. The van der Waals surface area contributed by atoms with Crippen molar-refractivity contribution in [1.29, 1.82) is 0 Å². The van der Waals surface area contributed by atoms with Crippen molar-refractivity contribution in [2.45, 2.75) is 38.1 Å². The molecule has 1 fully saturated rings. The zero-order valence-corrected chi connectivity index (χ0v) is 11.9. The third kappa shape index (κ3) is 3.08. The normalized spacial score (nSPS) is 28.1. The SMILES string of the molecule is CC1CCCC(CO)(Nc2ncc(Cl)cc2Cl)C1. The van der Waals surface area contributed by atoms with Gasteiger partial charge >= 0.3 is 0 Å². The van der Waals surface area contributed by atoms with Crippen LogP contribution in [0.1, 0.15) is 32.6 Å². The molecule has 1 aliphatic carbocycles. The lowest BCUT2D eigenvalue weighted by molar-refractivity contribution is 0.149. The first-order valence-corrected chi connectivity index (χ1v) is 7.00. The second-order valence-corrected chi connectivity index (χ2v) is 6.09. The molecular weight excluding hydrogens is 271 g/mol. The number of aliphatic hydroxyl groups excluding tert-OH is 1. The maximum Gasteiger partial charge on any atom is 0.145 e. The summed E-state index contributed by atoms with van der Waals surface area (Å²) in [5.41, 5.74) is -0.303. The molecule has 0 aromatic carbocycles. The first-order chi connectivity index (χ1) is 8.54. The molecule has 100 valence electrons. The van der Waals surface area contributed by atoms with Gasteiger partial charge in [0.1, 0.15) is 5.82 Å². The quantitative estimate of drug-likeness (QED) is 0.891. The predicted molar refractivity (Wildman–Crippen MR) is 75.3 cm³/mol. The van der Waals surface area contributed by atoms with Crippen molar-refractivity contribution < 1.29 is 5.11 Å². The fraction of sp³-hybridized carbons (Fsp3) is 0.615. The molecular formula is C13H18Cl2N2O. The summed E-state index contributed by atoms with van der Waals surface area (Å²) < 4.78 is 0. The molecule has 0 bridgehead atoms. The topological polar surface area (TPSA) is 45.1 Å². The summed E-state index contributed by atoms with van der Waals surface area (Å²) >= 11 is 11.9. The number of halogens is 2. The highest BCUT2D eigenvalue weighted by Gasteiger charge is 2.35. The van der Waals surface area contributed by atoms with Gasteiger partial charge in [0, 0.05) is 6.20 Å². The second-order valence-electron chi connectivity index (χ2n) is 5.25. The molecule has 18 heavy (non-hydrogen) atoms. The van der Waals surface area contributed by atoms with E-state index in [4.69, 9.17) is 23.2 Å². The molecule has 0 amide bonds. The molecule has 5 heteroatoms. The zero-order chi connectivity index (χ0) is 13.2. The number of hydrogen-bond acceptors (Lipinski definition) is 3. The summed E-state index contributed by atoms with van der Waals surface area (Å²) in [6.45, 7) is 2.31. The number of hydrogen-bond donors (Lipinski definition) is 2. The third-order valence-corrected chi connectivity index (χ3v) is 4.08. The average molecular weight is 289 g/mol. The Morgan fingerprint density at radius 2 is 2.33 bits per heavy atom. The number of anilines is 1. The molecule has 1 heterocycles. The summed E-state index contributed by atoms with van der Waals surface area (Å²) in [5.74, 6) is 1.20. The molecule has 1 aromatic heterocycles. The Morgan fingerprint density at radius 3 is 2.94 bits per heavy atom. The van der Waals surface area contributed by atoms with Gasteiger partial charge in [0.2, 0.25) is 0 Å². The van der Waals surface area contributed by atoms with E-state index in [-0.39, 0.29) is 12.1 Å². The number of aromatic nitrogens is 1. The number of nitrogens with one attached hydrogen (secondary N) is 1. The van der Waals surface area contributed by atoms with E-state index in [1.54, 1.807) is 12.3 Å². The molecule has 0 spiro atoms. The van der Waals surface area contributed by atoms with Crippen molar-refractivity contribution >= 4 is 29.0 Å². The minimum Gasteiger partial charge on any atom is -0.394 e. The van der Waals surface area contributed by atoms with Crippen LogP contribution in [0.15, 0.2) is 12.3 Å². The van der Waals surface area contributed by atoms with Crippen molar-refractivity contribution in [1.82, 2.24) is 4.98 Å². The molecule has 0 aliphatic heterocycles. The van der Waals surface area contributed by atoms with Crippen molar-refractivity contribution in [3.63, 3.8) is 0 Å². The van der Waals surface area contributed by atoms with Crippen molar-refractivity contribution in [2.75, 3.05) is 11.9 Å². The van der Waals surface area contributed by atoms with Crippen LogP contribution in [0.5, 0.6) is 0 Å². The van der Waals surface area contributed by atoms with Gasteiger partial charge in [-0.2, -0.15) is 0 Å². The molecule has 1 saturated carbocycles. The van der Waals surface area contributed by atoms with Crippen LogP contribution < -0.4 is 5.32 Å². The second kappa shape index (κ2) is 5.64. The van der Waals surface area contributed by atoms with Gasteiger partial charge in [0.05, 0.1) is 22.2 Å². The highest BCUT2D eigenvalue weighted by molar-refractivity contribution is 6.35. The van der Waals surface area contributed by atoms with Crippen LogP contribution in [0.3, 0.4) is 0 Å². The maximum atomic E-state index is 9.71. The minimum atomic E-state index is -0.303. The highest BCUT2D eigenvalue weighted by Crippen LogP contribution is 2.36. The first-order valence-electron chi connectivity index (χ1n) is 6.25. The van der Waals surface area contributed by atoms with E-state index >= 15 is 0 Å². The lowest BCUT2D eigenvalue weighted by Crippen LogP contribution is -2.46. The van der Waals surface area contributed by atoms with E-state index in [9.17, 15) is 5.11 Å². The van der Waals surface area contributed by atoms with Gasteiger partial charge in [0.15, 0.2) is 0 Å². The van der Waals surface area contributed by atoms with Gasteiger partial charge in [0.25, 0.3) is 0 Å². The smallest absolute Gasteiger partial charge is 0.145 e. The average Bonchev–Trinajstić information content (AvgIpc) is 2.33. The fourth-order valence-corrected chi connectivity index (χ4v) is 3.14. The van der Waals surface area contributed by atoms with E-state index in [2.05, 4.69) is 17.2 Å². The molecule has 1 aliphatic rings. The third-order valence-electron chi connectivity index (χ3n) is 3.59. The van der Waals surface area contributed by atoms with Crippen molar-refractivity contribution in [2.24, 2.45) is 5.92 Å². The Balaban J connectivity index is 2.19. The van der Waals surface area contributed by atoms with Gasteiger partial charge in [-0.3, -0.25) is 0 Å². The largest absolute Gasteiger partial charge is 0.394 e. The summed E-state index contributed by atoms with van der Waals surface area (Å²) in [4.78, 5) is 4.20. The van der Waals surface area contributed by atoms with Gasteiger partial charge in [-0.1, -0.05) is 43.0 Å². The molecule has 2 unspecified atom stereocenters. The Hall–Kier alpha value is -0.510. The fourth-order valence-electron chi connectivity index (χ4n) is 2.71. The molecule has 2 N–H and O–H groups in total. The van der Waals surface area contributed by atoms with Crippen LogP contribution in [-0.4, -0.2) is 22.2 Å². The Morgan fingerprint density at radius 1 is 1.56 bits per heavy atom. The van der Waals surface area contributed by atoms with Gasteiger partial charge in [-0.15, -0.1) is 0 Å². The van der Waals surface area contributed by atoms with Gasteiger partial charge < -0.3 is 10.4 Å². The summed E-state index contributed by atoms with van der Waals surface area (Å²) in [7, 11) is 0. The number of nitrogens with zero attached hydrogens (tertiary/aromatic N) is 1. The summed E-state index contributed by atoms with van der Waals surface area (Å²) in [5, 5.41) is 14.0. The number of aliphatic hydroxyl groups is 1. The summed E-state index contributed by atoms with van der Waals surface area (Å²) in [6.07, 6.45) is 5.76. The van der Waals surface area contributed by atoms with Crippen LogP contribution in [-0.2, 0) is 0 Å². The predicted octanol–water partition coefficient (Wildman–Crippen LogP) is 3.74. The monoisotopic (exact) mass is 288 g/mol. The number of pyridine rings is 1. The first kappa shape index (κ1) is 13.9. The molecule has 0 radical (unpaired) electrons. The van der Waals surface area contributed by atoms with Crippen LogP contribution in [0.2, 0.25) is 10.0 Å². The molecule has 1 aromatic rings. The van der Waals surface area contributed by atoms with Crippen LogP contribution in [0.25, 0.3) is 0 Å². The Kier molecular flexibility index (Phi) is 4.36. The number of rotatable bonds is 3. The Bertz CT molecular complexity index is 427. The van der Waals surface area contributed by atoms with E-state index < -0.39 is 0 Å². The van der Waals surface area contributed by atoms with Crippen molar-refractivity contribution in [3.8, 4) is 0 Å². The van der Waals surface area contributed by atoms with E-state index in [1.165, 1.54) is 6.42 Å².